The minimum Gasteiger partial charge on any atom is -0.369 e. The highest BCUT2D eigenvalue weighted by molar-refractivity contribution is 7.89. The van der Waals surface area contributed by atoms with Gasteiger partial charge < -0.3 is 10.2 Å². The highest BCUT2D eigenvalue weighted by Gasteiger charge is 2.42. The quantitative estimate of drug-likeness (QED) is 0.519. The van der Waals surface area contributed by atoms with Crippen LogP contribution < -0.4 is 10.2 Å². The molecule has 2 atom stereocenters. The standard InChI is InChI=1S/C24H27F5N4O4S/c1-15-10-22(33(14-15)38(35,36)19-4-2-16(25)3-5-19)23(34)31-12-17-11-21(20(26)13-30-17)32-8-6-18(7-9-32)37-24(27,28)29/h2-5,11,13,15,18,22H,6-10,12,14H2,1H3,(H,31,34)/t15-,22+/m1/s1. The molecule has 0 bridgehead atoms. The lowest BCUT2D eigenvalue weighted by Crippen LogP contribution is -2.45. The van der Waals surface area contributed by atoms with Crippen LogP contribution >= 0.6 is 0 Å². The maximum Gasteiger partial charge on any atom is 0.522 e. The number of ether oxygens (including phenoxy) is 1. The molecule has 2 aliphatic rings. The summed E-state index contributed by atoms with van der Waals surface area (Å²) in [5, 5.41) is 2.65. The van der Waals surface area contributed by atoms with Crippen molar-refractivity contribution < 1.29 is 39.9 Å². The summed E-state index contributed by atoms with van der Waals surface area (Å²) in [5.41, 5.74) is 0.437. The van der Waals surface area contributed by atoms with Crippen LogP contribution in [-0.2, 0) is 26.1 Å². The number of rotatable bonds is 7. The number of carbonyl (C=O) groups is 1. The Morgan fingerprint density at radius 2 is 1.82 bits per heavy atom. The van der Waals surface area contributed by atoms with E-state index in [4.69, 9.17) is 0 Å². The third-order valence-electron chi connectivity index (χ3n) is 6.61. The summed E-state index contributed by atoms with van der Waals surface area (Å²) < 4.78 is 96.6. The predicted molar refractivity (Wildman–Crippen MR) is 126 cm³/mol. The molecule has 1 N–H and O–H groups in total. The second-order valence-corrected chi connectivity index (χ2v) is 11.4. The largest absolute Gasteiger partial charge is 0.522 e. The van der Waals surface area contributed by atoms with Crippen LogP contribution in [0.15, 0.2) is 41.4 Å². The normalized spacial score (nSPS) is 21.6. The van der Waals surface area contributed by atoms with Crippen molar-refractivity contribution in [1.82, 2.24) is 14.6 Å². The highest BCUT2D eigenvalue weighted by Crippen LogP contribution is 2.31. The SMILES string of the molecule is C[C@@H]1C[C@@H](C(=O)NCc2cc(N3CCC(OC(F)(F)F)CC3)c(F)cn2)N(S(=O)(=O)c2ccc(F)cc2)C1. The smallest absolute Gasteiger partial charge is 0.369 e. The predicted octanol–water partition coefficient (Wildman–Crippen LogP) is 3.58. The number of alkyl halides is 3. The van der Waals surface area contributed by atoms with Gasteiger partial charge in [0.2, 0.25) is 15.9 Å². The average molecular weight is 563 g/mol. The number of amides is 1. The average Bonchev–Trinajstić information content (AvgIpc) is 3.26. The lowest BCUT2D eigenvalue weighted by Gasteiger charge is -2.34. The van der Waals surface area contributed by atoms with Crippen molar-refractivity contribution >= 4 is 21.6 Å². The number of carbonyl (C=O) groups excluding carboxylic acids is 1. The van der Waals surface area contributed by atoms with Crippen LogP contribution in [0.25, 0.3) is 0 Å². The Bertz CT molecular complexity index is 1250. The van der Waals surface area contributed by atoms with Gasteiger partial charge in [-0.3, -0.25) is 14.5 Å². The molecule has 1 aromatic heterocycles. The minimum atomic E-state index is -4.73. The van der Waals surface area contributed by atoms with Gasteiger partial charge in [-0.25, -0.2) is 17.2 Å². The zero-order valence-corrected chi connectivity index (χ0v) is 21.2. The van der Waals surface area contributed by atoms with Crippen LogP contribution in [0, 0.1) is 17.6 Å². The van der Waals surface area contributed by atoms with Gasteiger partial charge in [-0.1, -0.05) is 6.92 Å². The molecule has 8 nitrogen and oxygen atoms in total. The fourth-order valence-corrected chi connectivity index (χ4v) is 6.48. The summed E-state index contributed by atoms with van der Waals surface area (Å²) in [4.78, 5) is 18.5. The number of halogens is 5. The molecule has 1 amide bonds. The van der Waals surface area contributed by atoms with E-state index in [-0.39, 0.29) is 61.9 Å². The molecule has 4 rings (SSSR count). The van der Waals surface area contributed by atoms with E-state index in [9.17, 15) is 35.2 Å². The van der Waals surface area contributed by atoms with Gasteiger partial charge in [-0.05, 0) is 55.5 Å². The fourth-order valence-electron chi connectivity index (χ4n) is 4.76. The maximum atomic E-state index is 14.5. The van der Waals surface area contributed by atoms with Gasteiger partial charge in [0.05, 0.1) is 35.1 Å². The molecule has 2 aliphatic heterocycles. The number of nitrogens with zero attached hydrogens (tertiary/aromatic N) is 3. The summed E-state index contributed by atoms with van der Waals surface area (Å²) in [6.07, 6.45) is -4.36. The molecule has 1 aromatic carbocycles. The Balaban J connectivity index is 1.41. The van der Waals surface area contributed by atoms with E-state index in [1.165, 1.54) is 6.07 Å². The first-order valence-electron chi connectivity index (χ1n) is 12.0. The number of aromatic nitrogens is 1. The Morgan fingerprint density at radius 3 is 2.45 bits per heavy atom. The lowest BCUT2D eigenvalue weighted by atomic mass is 10.1. The zero-order valence-electron chi connectivity index (χ0n) is 20.4. The van der Waals surface area contributed by atoms with Crippen molar-refractivity contribution in [1.29, 1.82) is 0 Å². The molecule has 0 radical (unpaired) electrons. The molecular formula is C24H27F5N4O4S. The number of nitrogens with one attached hydrogen (secondary N) is 1. The third-order valence-corrected chi connectivity index (χ3v) is 8.50. The molecule has 14 heteroatoms. The summed E-state index contributed by atoms with van der Waals surface area (Å²) in [5.74, 6) is -1.90. The van der Waals surface area contributed by atoms with Gasteiger partial charge >= 0.3 is 6.36 Å². The second-order valence-electron chi connectivity index (χ2n) is 9.48. The van der Waals surface area contributed by atoms with E-state index < -0.39 is 46.1 Å². The number of benzene rings is 1. The Kier molecular flexibility index (Phi) is 8.23. The van der Waals surface area contributed by atoms with E-state index in [2.05, 4.69) is 15.0 Å². The third kappa shape index (κ3) is 6.59. The van der Waals surface area contributed by atoms with Crippen LogP contribution in [-0.4, -0.2) is 61.8 Å². The van der Waals surface area contributed by atoms with E-state index in [1.54, 1.807) is 4.90 Å². The molecule has 38 heavy (non-hydrogen) atoms. The van der Waals surface area contributed by atoms with Crippen LogP contribution in [0.4, 0.5) is 27.6 Å². The number of piperidine rings is 1. The zero-order chi connectivity index (χ0) is 27.7. The molecule has 0 spiro atoms. The second kappa shape index (κ2) is 11.1. The summed E-state index contributed by atoms with van der Waals surface area (Å²) in [6.45, 7) is 2.10. The van der Waals surface area contributed by atoms with Crippen molar-refractivity contribution in [2.75, 3.05) is 24.5 Å². The van der Waals surface area contributed by atoms with Crippen LogP contribution in [0.5, 0.6) is 0 Å². The van der Waals surface area contributed by atoms with Crippen LogP contribution in [0.1, 0.15) is 31.9 Å². The molecule has 208 valence electrons. The first-order chi connectivity index (χ1) is 17.8. The van der Waals surface area contributed by atoms with Gasteiger partial charge in [0, 0.05) is 19.6 Å². The topological polar surface area (TPSA) is 91.8 Å². The van der Waals surface area contributed by atoms with Gasteiger partial charge in [-0.2, -0.15) is 4.31 Å². The molecule has 0 unspecified atom stereocenters. The molecule has 2 saturated heterocycles. The number of hydrogen-bond acceptors (Lipinski definition) is 6. The lowest BCUT2D eigenvalue weighted by molar-refractivity contribution is -0.344. The molecular weight excluding hydrogens is 535 g/mol. The minimum absolute atomic E-state index is 0.0611. The molecule has 0 saturated carbocycles. The highest BCUT2D eigenvalue weighted by atomic mass is 32.2. The summed E-state index contributed by atoms with van der Waals surface area (Å²) >= 11 is 0. The van der Waals surface area contributed by atoms with Gasteiger partial charge in [0.1, 0.15) is 11.9 Å². The van der Waals surface area contributed by atoms with E-state index in [0.717, 1.165) is 34.8 Å². The van der Waals surface area contributed by atoms with Crippen molar-refractivity contribution in [3.63, 3.8) is 0 Å². The first-order valence-corrected chi connectivity index (χ1v) is 13.5. The van der Waals surface area contributed by atoms with Gasteiger partial charge in [0.25, 0.3) is 0 Å². The van der Waals surface area contributed by atoms with E-state index in [1.807, 2.05) is 6.92 Å². The summed E-state index contributed by atoms with van der Waals surface area (Å²) in [7, 11) is -4.06. The maximum absolute atomic E-state index is 14.5. The monoisotopic (exact) mass is 562 g/mol. The molecule has 2 aromatic rings. The van der Waals surface area contributed by atoms with Gasteiger partial charge in [0.15, 0.2) is 5.82 Å². The Morgan fingerprint density at radius 1 is 1.16 bits per heavy atom. The van der Waals surface area contributed by atoms with Gasteiger partial charge in [-0.15, -0.1) is 13.2 Å². The number of pyridine rings is 1. The van der Waals surface area contributed by atoms with Crippen LogP contribution in [0.2, 0.25) is 0 Å². The first kappa shape index (κ1) is 28.2. The molecule has 0 aliphatic carbocycles. The Hall–Kier alpha value is -2.84. The molecule has 3 heterocycles. The molecule has 2 fully saturated rings. The summed E-state index contributed by atoms with van der Waals surface area (Å²) in [6, 6.07) is 4.77. The number of sulfonamides is 1. The van der Waals surface area contributed by atoms with Crippen molar-refractivity contribution in [2.24, 2.45) is 5.92 Å². The Labute approximate surface area is 216 Å². The number of hydrogen-bond donors (Lipinski definition) is 1. The fraction of sp³-hybridized carbons (Fsp3) is 0.500. The number of anilines is 1. The van der Waals surface area contributed by atoms with Crippen molar-refractivity contribution in [3.05, 3.63) is 53.9 Å². The van der Waals surface area contributed by atoms with Crippen molar-refractivity contribution in [3.8, 4) is 0 Å². The van der Waals surface area contributed by atoms with E-state index >= 15 is 0 Å². The van der Waals surface area contributed by atoms with E-state index in [0.29, 0.717) is 5.69 Å². The van der Waals surface area contributed by atoms with Crippen molar-refractivity contribution in [2.45, 2.75) is 56.1 Å². The van der Waals surface area contributed by atoms with Crippen LogP contribution in [0.3, 0.4) is 0 Å².